The molecule has 1 heterocycles. The Morgan fingerprint density at radius 3 is 3.09 bits per heavy atom. The molecule has 2 rings (SSSR count). The molecule has 0 aliphatic carbocycles. The van der Waals surface area contributed by atoms with E-state index in [2.05, 4.69) is 52.2 Å². The number of hydrogen-bond acceptors (Lipinski definition) is 1. The van der Waals surface area contributed by atoms with Crippen LogP contribution in [0.25, 0.3) is 0 Å². The molecule has 58 valence electrons. The van der Waals surface area contributed by atoms with Crippen molar-refractivity contribution in [3.63, 3.8) is 0 Å². The van der Waals surface area contributed by atoms with E-state index < -0.39 is 0 Å². The first-order valence-electron chi connectivity index (χ1n) is 3.82. The topological polar surface area (TPSA) is 12.0 Å². The Labute approximate surface area is 80.3 Å². The standard InChI is InChI=1S/C9H10IN/c10-8-5-7-3-1-2-4-9(7)11-6-8/h1-4,8,11H,5-6H2. The monoisotopic (exact) mass is 259 g/mol. The summed E-state index contributed by atoms with van der Waals surface area (Å²) in [6, 6.07) is 8.54. The van der Waals surface area contributed by atoms with Crippen LogP contribution < -0.4 is 5.32 Å². The number of halogens is 1. The van der Waals surface area contributed by atoms with Crippen molar-refractivity contribution in [2.75, 3.05) is 11.9 Å². The van der Waals surface area contributed by atoms with Gasteiger partial charge in [0.25, 0.3) is 0 Å². The van der Waals surface area contributed by atoms with E-state index in [-0.39, 0.29) is 0 Å². The Hall–Kier alpha value is -0.250. The lowest BCUT2D eigenvalue weighted by atomic mass is 10.0. The zero-order valence-corrected chi connectivity index (χ0v) is 8.34. The maximum atomic E-state index is 3.40. The Morgan fingerprint density at radius 2 is 2.18 bits per heavy atom. The predicted octanol–water partition coefficient (Wildman–Crippen LogP) is 2.46. The molecule has 1 atom stereocenters. The molecule has 1 aliphatic rings. The lowest BCUT2D eigenvalue weighted by molar-refractivity contribution is 0.878. The fourth-order valence-corrected chi connectivity index (χ4v) is 2.10. The third-order valence-corrected chi connectivity index (χ3v) is 2.85. The average molecular weight is 259 g/mol. The zero-order valence-electron chi connectivity index (χ0n) is 6.18. The number of rotatable bonds is 0. The summed E-state index contributed by atoms with van der Waals surface area (Å²) in [5, 5.41) is 3.40. The highest BCUT2D eigenvalue weighted by Gasteiger charge is 2.13. The molecule has 0 radical (unpaired) electrons. The van der Waals surface area contributed by atoms with E-state index in [1.54, 1.807) is 0 Å². The van der Waals surface area contributed by atoms with E-state index >= 15 is 0 Å². The summed E-state index contributed by atoms with van der Waals surface area (Å²) in [4.78, 5) is 0. The number of benzene rings is 1. The van der Waals surface area contributed by atoms with Gasteiger partial charge in [-0.05, 0) is 18.1 Å². The van der Waals surface area contributed by atoms with Crippen molar-refractivity contribution >= 4 is 28.3 Å². The van der Waals surface area contributed by atoms with Gasteiger partial charge in [-0.25, -0.2) is 0 Å². The molecule has 0 aromatic heterocycles. The van der Waals surface area contributed by atoms with E-state index in [4.69, 9.17) is 0 Å². The summed E-state index contributed by atoms with van der Waals surface area (Å²) < 4.78 is 0.752. The van der Waals surface area contributed by atoms with Crippen LogP contribution in [0.3, 0.4) is 0 Å². The molecule has 0 bridgehead atoms. The number of alkyl halides is 1. The van der Waals surface area contributed by atoms with Gasteiger partial charge in [0.15, 0.2) is 0 Å². The van der Waals surface area contributed by atoms with Crippen molar-refractivity contribution < 1.29 is 0 Å². The van der Waals surface area contributed by atoms with Gasteiger partial charge in [-0.15, -0.1) is 0 Å². The van der Waals surface area contributed by atoms with Crippen LogP contribution in [0.15, 0.2) is 24.3 Å². The number of anilines is 1. The van der Waals surface area contributed by atoms with E-state index in [1.807, 2.05) is 0 Å². The molecule has 0 fully saturated rings. The average Bonchev–Trinajstić information content (AvgIpc) is 2.04. The normalized spacial score (nSPS) is 22.1. The highest BCUT2D eigenvalue weighted by atomic mass is 127. The molecule has 0 amide bonds. The lowest BCUT2D eigenvalue weighted by Crippen LogP contribution is -2.22. The van der Waals surface area contributed by atoms with Gasteiger partial charge in [-0.2, -0.15) is 0 Å². The summed E-state index contributed by atoms with van der Waals surface area (Å²) in [7, 11) is 0. The van der Waals surface area contributed by atoms with Crippen LogP contribution in [-0.4, -0.2) is 10.5 Å². The predicted molar refractivity (Wildman–Crippen MR) is 56.4 cm³/mol. The maximum absolute atomic E-state index is 3.40. The fourth-order valence-electron chi connectivity index (χ4n) is 1.40. The van der Waals surface area contributed by atoms with Crippen molar-refractivity contribution in [2.45, 2.75) is 10.3 Å². The Balaban J connectivity index is 2.34. The van der Waals surface area contributed by atoms with Gasteiger partial charge in [-0.1, -0.05) is 40.8 Å². The largest absolute Gasteiger partial charge is 0.384 e. The van der Waals surface area contributed by atoms with Crippen molar-refractivity contribution in [1.29, 1.82) is 0 Å². The molecule has 11 heavy (non-hydrogen) atoms. The lowest BCUT2D eigenvalue weighted by Gasteiger charge is -2.21. The molecular weight excluding hydrogens is 249 g/mol. The van der Waals surface area contributed by atoms with E-state index in [9.17, 15) is 0 Å². The number of hydrogen-bond donors (Lipinski definition) is 1. The van der Waals surface area contributed by atoms with Crippen LogP contribution in [-0.2, 0) is 6.42 Å². The molecule has 0 saturated heterocycles. The van der Waals surface area contributed by atoms with Crippen LogP contribution >= 0.6 is 22.6 Å². The van der Waals surface area contributed by atoms with Crippen molar-refractivity contribution in [2.24, 2.45) is 0 Å². The van der Waals surface area contributed by atoms with Gasteiger partial charge < -0.3 is 5.32 Å². The van der Waals surface area contributed by atoms with E-state index in [1.165, 1.54) is 17.7 Å². The second-order valence-electron chi connectivity index (χ2n) is 2.84. The molecule has 1 aromatic rings. The van der Waals surface area contributed by atoms with Gasteiger partial charge in [0, 0.05) is 16.2 Å². The van der Waals surface area contributed by atoms with Crippen LogP contribution in [0.5, 0.6) is 0 Å². The Morgan fingerprint density at radius 1 is 1.36 bits per heavy atom. The van der Waals surface area contributed by atoms with Crippen LogP contribution in [0.4, 0.5) is 5.69 Å². The number of para-hydroxylation sites is 1. The zero-order chi connectivity index (χ0) is 7.68. The van der Waals surface area contributed by atoms with Crippen molar-refractivity contribution in [1.82, 2.24) is 0 Å². The van der Waals surface area contributed by atoms with E-state index in [0.29, 0.717) is 0 Å². The highest BCUT2D eigenvalue weighted by Crippen LogP contribution is 2.24. The molecule has 0 spiro atoms. The summed E-state index contributed by atoms with van der Waals surface area (Å²) in [5.74, 6) is 0. The quantitative estimate of drug-likeness (QED) is 0.557. The van der Waals surface area contributed by atoms with Gasteiger partial charge in [0.2, 0.25) is 0 Å². The summed E-state index contributed by atoms with van der Waals surface area (Å²) in [5.41, 5.74) is 2.78. The minimum absolute atomic E-state index is 0.752. The molecule has 0 saturated carbocycles. The third kappa shape index (κ3) is 1.50. The number of nitrogens with one attached hydrogen (secondary N) is 1. The SMILES string of the molecule is IC1CNc2ccccc2C1. The van der Waals surface area contributed by atoms with Gasteiger partial charge in [-0.3, -0.25) is 0 Å². The first-order chi connectivity index (χ1) is 5.36. The third-order valence-electron chi connectivity index (χ3n) is 1.97. The second-order valence-corrected chi connectivity index (χ2v) is 4.60. The smallest absolute Gasteiger partial charge is 0.0373 e. The molecule has 2 heteroatoms. The summed E-state index contributed by atoms with van der Waals surface area (Å²) >= 11 is 2.49. The molecule has 1 N–H and O–H groups in total. The summed E-state index contributed by atoms with van der Waals surface area (Å²) in [6.45, 7) is 1.11. The first-order valence-corrected chi connectivity index (χ1v) is 5.06. The minimum Gasteiger partial charge on any atom is -0.384 e. The van der Waals surface area contributed by atoms with Crippen LogP contribution in [0.1, 0.15) is 5.56 Å². The number of fused-ring (bicyclic) bond motifs is 1. The minimum atomic E-state index is 0.752. The van der Waals surface area contributed by atoms with Crippen molar-refractivity contribution in [3.05, 3.63) is 29.8 Å². The fraction of sp³-hybridized carbons (Fsp3) is 0.333. The highest BCUT2D eigenvalue weighted by molar-refractivity contribution is 14.1. The molecule has 1 nitrogen and oxygen atoms in total. The van der Waals surface area contributed by atoms with Gasteiger partial charge in [0.1, 0.15) is 0 Å². The Bertz CT molecular complexity index is 259. The molecule has 1 unspecified atom stereocenters. The summed E-state index contributed by atoms with van der Waals surface area (Å²) in [6.07, 6.45) is 1.21. The first kappa shape index (κ1) is 7.40. The van der Waals surface area contributed by atoms with E-state index in [0.717, 1.165) is 10.5 Å². The maximum Gasteiger partial charge on any atom is 0.0373 e. The molecule has 1 aliphatic heterocycles. The van der Waals surface area contributed by atoms with Gasteiger partial charge in [0.05, 0.1) is 0 Å². The van der Waals surface area contributed by atoms with Crippen LogP contribution in [0.2, 0.25) is 0 Å². The Kier molecular flexibility index (Phi) is 2.02. The van der Waals surface area contributed by atoms with Crippen molar-refractivity contribution in [3.8, 4) is 0 Å². The van der Waals surface area contributed by atoms with Gasteiger partial charge >= 0.3 is 0 Å². The van der Waals surface area contributed by atoms with Crippen LogP contribution in [0, 0.1) is 0 Å². The second kappa shape index (κ2) is 3.01. The molecular formula is C9H10IN. The molecule has 1 aromatic carbocycles.